The van der Waals surface area contributed by atoms with Crippen LogP contribution in [0.1, 0.15) is 30.0 Å². The van der Waals surface area contributed by atoms with Crippen molar-refractivity contribution in [2.24, 2.45) is 5.92 Å². The largest absolute Gasteiger partial charge is 0.309 e. The monoisotopic (exact) mass is 439 g/mol. The summed E-state index contributed by atoms with van der Waals surface area (Å²) in [5.41, 5.74) is 11.5. The molecule has 6 rings (SSSR count). The molecule has 1 nitrogen and oxygen atoms in total. The molecule has 5 aromatic rings. The number of aromatic nitrogens is 1. The number of aryl methyl sites for hydroxylation is 2. The summed E-state index contributed by atoms with van der Waals surface area (Å²) in [5.74, 6) is 0.631. The molecule has 1 atom stereocenters. The molecule has 4 aromatic carbocycles. The van der Waals surface area contributed by atoms with Crippen molar-refractivity contribution in [2.45, 2.75) is 27.2 Å². The molecule has 0 N–H and O–H groups in total. The van der Waals surface area contributed by atoms with Crippen molar-refractivity contribution >= 4 is 27.4 Å². The maximum Gasteiger partial charge on any atom is 0.0547 e. The second-order valence-corrected chi connectivity index (χ2v) is 9.63. The number of rotatable bonds is 3. The Labute approximate surface area is 201 Å². The minimum atomic E-state index is 0.631. The highest BCUT2D eigenvalue weighted by molar-refractivity contribution is 6.10. The van der Waals surface area contributed by atoms with Gasteiger partial charge in [-0.05, 0) is 89.9 Å². The molecule has 0 saturated heterocycles. The molecular weight excluding hydrogens is 410 g/mol. The van der Waals surface area contributed by atoms with E-state index in [0.29, 0.717) is 5.92 Å². The number of para-hydroxylation sites is 1. The zero-order valence-corrected chi connectivity index (χ0v) is 20.0. The van der Waals surface area contributed by atoms with Crippen molar-refractivity contribution in [3.8, 4) is 16.8 Å². The van der Waals surface area contributed by atoms with Crippen molar-refractivity contribution < 1.29 is 0 Å². The predicted octanol–water partition coefficient (Wildman–Crippen LogP) is 9.05. The summed E-state index contributed by atoms with van der Waals surface area (Å²) in [6, 6.07) is 31.2. The van der Waals surface area contributed by atoms with Gasteiger partial charge in [0.2, 0.25) is 0 Å². The number of nitrogens with zero attached hydrogens (tertiary/aromatic N) is 1. The number of hydrogen-bond donors (Lipinski definition) is 0. The number of benzene rings is 4. The van der Waals surface area contributed by atoms with Gasteiger partial charge in [0, 0.05) is 16.5 Å². The summed E-state index contributed by atoms with van der Waals surface area (Å²) in [5, 5.41) is 2.61. The van der Waals surface area contributed by atoms with E-state index < -0.39 is 0 Å². The molecule has 1 aliphatic rings. The van der Waals surface area contributed by atoms with Gasteiger partial charge in [-0.1, -0.05) is 79.7 Å². The van der Waals surface area contributed by atoms with Gasteiger partial charge in [0.25, 0.3) is 0 Å². The normalized spacial score (nSPS) is 15.7. The molecule has 1 aromatic heterocycles. The maximum atomic E-state index is 2.42. The Hall–Kier alpha value is -3.84. The smallest absolute Gasteiger partial charge is 0.0547 e. The summed E-state index contributed by atoms with van der Waals surface area (Å²) >= 11 is 0. The van der Waals surface area contributed by atoms with Gasteiger partial charge in [-0.3, -0.25) is 0 Å². The topological polar surface area (TPSA) is 4.93 Å². The van der Waals surface area contributed by atoms with E-state index in [1.165, 1.54) is 60.9 Å². The van der Waals surface area contributed by atoms with Gasteiger partial charge in [0.05, 0.1) is 11.0 Å². The van der Waals surface area contributed by atoms with Crippen molar-refractivity contribution in [1.82, 2.24) is 4.57 Å². The molecule has 0 spiro atoms. The lowest BCUT2D eigenvalue weighted by Crippen LogP contribution is -1.97. The van der Waals surface area contributed by atoms with E-state index >= 15 is 0 Å². The van der Waals surface area contributed by atoms with E-state index in [1.54, 1.807) is 0 Å². The minimum Gasteiger partial charge on any atom is -0.309 e. The maximum absolute atomic E-state index is 2.42. The van der Waals surface area contributed by atoms with Crippen LogP contribution < -0.4 is 0 Å². The summed E-state index contributed by atoms with van der Waals surface area (Å²) in [6.45, 7) is 6.69. The molecule has 1 aliphatic carbocycles. The Kier molecular flexibility index (Phi) is 4.99. The molecular formula is C33H29N. The Morgan fingerprint density at radius 3 is 2.24 bits per heavy atom. The number of hydrogen-bond acceptors (Lipinski definition) is 0. The second-order valence-electron chi connectivity index (χ2n) is 9.63. The standard InChI is InChI=1S/C33H29N/c1-22-12-14-25(15-13-22)26-16-18-27(19-17-26)34-32-11-7-6-10-29(32)31-20-24(3)30(21-33(31)34)28-9-5-4-8-23(28)2/h4-12,14-22H,13H2,1-3H3. The van der Waals surface area contributed by atoms with Crippen LogP contribution in [0.3, 0.4) is 0 Å². The molecule has 34 heavy (non-hydrogen) atoms. The van der Waals surface area contributed by atoms with E-state index in [1.807, 2.05) is 0 Å². The average molecular weight is 440 g/mol. The summed E-state index contributed by atoms with van der Waals surface area (Å²) in [6.07, 6.45) is 8.05. The van der Waals surface area contributed by atoms with Crippen LogP contribution in [0, 0.1) is 19.8 Å². The second kappa shape index (κ2) is 8.18. The fraction of sp³-hybridized carbons (Fsp3) is 0.152. The molecule has 1 heterocycles. The zero-order valence-electron chi connectivity index (χ0n) is 20.0. The molecule has 0 saturated carbocycles. The van der Waals surface area contributed by atoms with Gasteiger partial charge >= 0.3 is 0 Å². The van der Waals surface area contributed by atoms with E-state index in [9.17, 15) is 0 Å². The van der Waals surface area contributed by atoms with Gasteiger partial charge in [0.1, 0.15) is 0 Å². The number of fused-ring (bicyclic) bond motifs is 3. The first kappa shape index (κ1) is 20.7. The highest BCUT2D eigenvalue weighted by Gasteiger charge is 2.16. The van der Waals surface area contributed by atoms with Crippen molar-refractivity contribution in [2.75, 3.05) is 0 Å². The molecule has 0 bridgehead atoms. The Balaban J connectivity index is 1.56. The molecule has 0 aliphatic heterocycles. The van der Waals surface area contributed by atoms with Gasteiger partial charge in [-0.25, -0.2) is 0 Å². The molecule has 0 amide bonds. The minimum absolute atomic E-state index is 0.631. The van der Waals surface area contributed by atoms with Crippen LogP contribution >= 0.6 is 0 Å². The third kappa shape index (κ3) is 3.40. The third-order valence-electron chi connectivity index (χ3n) is 7.23. The highest BCUT2D eigenvalue weighted by atomic mass is 15.0. The summed E-state index contributed by atoms with van der Waals surface area (Å²) < 4.78 is 2.42. The zero-order chi connectivity index (χ0) is 23.2. The molecule has 1 heteroatoms. The van der Waals surface area contributed by atoms with E-state index in [4.69, 9.17) is 0 Å². The average Bonchev–Trinajstić information content (AvgIpc) is 3.18. The number of allylic oxidation sites excluding steroid dienone is 4. The Bertz CT molecular complexity index is 1590. The first-order chi connectivity index (χ1) is 16.6. The molecule has 1 unspecified atom stereocenters. The van der Waals surface area contributed by atoms with Gasteiger partial charge in [-0.2, -0.15) is 0 Å². The fourth-order valence-corrected chi connectivity index (χ4v) is 5.31. The van der Waals surface area contributed by atoms with Gasteiger partial charge < -0.3 is 4.57 Å². The first-order valence-corrected chi connectivity index (χ1v) is 12.2. The van der Waals surface area contributed by atoms with Crippen LogP contribution in [0.15, 0.2) is 103 Å². The van der Waals surface area contributed by atoms with Crippen LogP contribution in [-0.2, 0) is 0 Å². The van der Waals surface area contributed by atoms with Crippen molar-refractivity contribution in [3.63, 3.8) is 0 Å². The van der Waals surface area contributed by atoms with Crippen LogP contribution in [0.4, 0.5) is 0 Å². The lowest BCUT2D eigenvalue weighted by Gasteiger charge is -2.14. The third-order valence-corrected chi connectivity index (χ3v) is 7.23. The van der Waals surface area contributed by atoms with E-state index in [0.717, 1.165) is 6.42 Å². The fourth-order valence-electron chi connectivity index (χ4n) is 5.31. The Morgan fingerprint density at radius 2 is 1.47 bits per heavy atom. The van der Waals surface area contributed by atoms with Crippen LogP contribution in [0.2, 0.25) is 0 Å². The van der Waals surface area contributed by atoms with Gasteiger partial charge in [-0.15, -0.1) is 0 Å². The van der Waals surface area contributed by atoms with E-state index in [-0.39, 0.29) is 0 Å². The van der Waals surface area contributed by atoms with Crippen LogP contribution in [-0.4, -0.2) is 4.57 Å². The van der Waals surface area contributed by atoms with Crippen LogP contribution in [0.5, 0.6) is 0 Å². The molecule has 0 radical (unpaired) electrons. The van der Waals surface area contributed by atoms with Gasteiger partial charge in [0.15, 0.2) is 0 Å². The van der Waals surface area contributed by atoms with E-state index in [2.05, 4.69) is 128 Å². The predicted molar refractivity (Wildman–Crippen MR) is 147 cm³/mol. The first-order valence-electron chi connectivity index (χ1n) is 12.2. The quantitative estimate of drug-likeness (QED) is 0.264. The highest BCUT2D eigenvalue weighted by Crippen LogP contribution is 2.37. The SMILES string of the molecule is Cc1ccccc1-c1cc2c(cc1C)c1ccccc1n2-c1ccc(C2=CCC(C)C=C2)cc1. The lowest BCUT2D eigenvalue weighted by atomic mass is 9.94. The summed E-state index contributed by atoms with van der Waals surface area (Å²) in [4.78, 5) is 0. The lowest BCUT2D eigenvalue weighted by molar-refractivity contribution is 0.739. The summed E-state index contributed by atoms with van der Waals surface area (Å²) in [7, 11) is 0. The van der Waals surface area contributed by atoms with Crippen LogP contribution in [0.25, 0.3) is 44.2 Å². The van der Waals surface area contributed by atoms with Crippen molar-refractivity contribution in [1.29, 1.82) is 0 Å². The molecule has 166 valence electrons. The van der Waals surface area contributed by atoms with Crippen molar-refractivity contribution in [3.05, 3.63) is 120 Å². The molecule has 0 fully saturated rings. The Morgan fingerprint density at radius 1 is 0.706 bits per heavy atom.